The second-order valence-corrected chi connectivity index (χ2v) is 5.82. The Bertz CT molecular complexity index is 280. The highest BCUT2D eigenvalue weighted by atomic mass is 19.4. The summed E-state index contributed by atoms with van der Waals surface area (Å²) in [6, 6.07) is 1.14. The summed E-state index contributed by atoms with van der Waals surface area (Å²) in [4.78, 5) is 2.45. The maximum Gasteiger partial charge on any atom is 0.411 e. The Morgan fingerprint density at radius 1 is 1.15 bits per heavy atom. The third kappa shape index (κ3) is 5.22. The van der Waals surface area contributed by atoms with E-state index in [1.165, 1.54) is 32.1 Å². The maximum atomic E-state index is 12.0. The van der Waals surface area contributed by atoms with E-state index in [2.05, 4.69) is 15.0 Å². The van der Waals surface area contributed by atoms with E-state index in [0.717, 1.165) is 19.6 Å². The van der Waals surface area contributed by atoms with E-state index in [4.69, 9.17) is 0 Å². The highest BCUT2D eigenvalue weighted by Crippen LogP contribution is 2.24. The third-order valence-electron chi connectivity index (χ3n) is 4.23. The van der Waals surface area contributed by atoms with Crippen molar-refractivity contribution in [1.82, 2.24) is 10.2 Å². The number of hydrogen-bond donors (Lipinski definition) is 1. The predicted octanol–water partition coefficient (Wildman–Crippen LogP) is 2.56. The number of alkyl halides is 3. The van der Waals surface area contributed by atoms with Crippen LogP contribution in [0.4, 0.5) is 13.2 Å². The second kappa shape index (κ2) is 7.61. The Hall–Kier alpha value is -0.330. The minimum Gasteiger partial charge on any atom is -0.372 e. The van der Waals surface area contributed by atoms with Gasteiger partial charge in [0.15, 0.2) is 0 Å². The van der Waals surface area contributed by atoms with Crippen LogP contribution in [0.5, 0.6) is 0 Å². The van der Waals surface area contributed by atoms with E-state index in [1.54, 1.807) is 0 Å². The highest BCUT2D eigenvalue weighted by Gasteiger charge is 2.31. The first-order valence-electron chi connectivity index (χ1n) is 7.68. The summed E-state index contributed by atoms with van der Waals surface area (Å²) in [6.07, 6.45) is 2.62. The molecule has 6 heteroatoms. The van der Waals surface area contributed by atoms with Crippen LogP contribution in [-0.4, -0.2) is 56.0 Å². The quantitative estimate of drug-likeness (QED) is 0.762. The molecule has 0 aliphatic carbocycles. The number of nitrogens with one attached hydrogen (secondary N) is 1. The van der Waals surface area contributed by atoms with Gasteiger partial charge in [0.2, 0.25) is 0 Å². The van der Waals surface area contributed by atoms with Crippen LogP contribution in [0.3, 0.4) is 0 Å². The fourth-order valence-corrected chi connectivity index (χ4v) is 3.35. The topological polar surface area (TPSA) is 24.5 Å². The van der Waals surface area contributed by atoms with Crippen molar-refractivity contribution in [3.63, 3.8) is 0 Å². The molecule has 20 heavy (non-hydrogen) atoms. The van der Waals surface area contributed by atoms with Crippen LogP contribution in [0, 0.1) is 0 Å². The molecule has 3 nitrogen and oxygen atoms in total. The number of rotatable bonds is 6. The van der Waals surface area contributed by atoms with Crippen molar-refractivity contribution in [2.24, 2.45) is 0 Å². The first-order valence-corrected chi connectivity index (χ1v) is 7.68. The molecule has 0 bridgehead atoms. The van der Waals surface area contributed by atoms with E-state index >= 15 is 0 Å². The molecule has 0 aromatic carbocycles. The molecule has 2 aliphatic rings. The van der Waals surface area contributed by atoms with E-state index < -0.39 is 12.8 Å². The van der Waals surface area contributed by atoms with Gasteiger partial charge in [-0.3, -0.25) is 4.90 Å². The molecule has 2 rings (SSSR count). The molecule has 1 N–H and O–H groups in total. The van der Waals surface area contributed by atoms with E-state index in [1.807, 2.05) is 0 Å². The number of nitrogens with zero attached hydrogens (tertiary/aromatic N) is 1. The first-order chi connectivity index (χ1) is 9.56. The molecular formula is C14H25F3N2O. The molecule has 2 aliphatic heterocycles. The number of hydrogen-bond acceptors (Lipinski definition) is 3. The summed E-state index contributed by atoms with van der Waals surface area (Å²) < 4.78 is 40.6. The monoisotopic (exact) mass is 294 g/mol. The van der Waals surface area contributed by atoms with Crippen LogP contribution >= 0.6 is 0 Å². The standard InChI is InChI=1S/C14H25F3N2O/c15-14(16,17)11-20-10-4-9-19-8-2-1-6-13(19)12-5-3-7-18-12/h12-13,18H,1-11H2. The summed E-state index contributed by atoms with van der Waals surface area (Å²) in [5, 5.41) is 3.56. The molecule has 2 heterocycles. The molecule has 2 unspecified atom stereocenters. The lowest BCUT2D eigenvalue weighted by atomic mass is 9.94. The van der Waals surface area contributed by atoms with E-state index in [0.29, 0.717) is 18.5 Å². The average Bonchev–Trinajstić information content (AvgIpc) is 2.91. The van der Waals surface area contributed by atoms with Crippen molar-refractivity contribution in [2.75, 3.05) is 32.8 Å². The molecule has 2 saturated heterocycles. The lowest BCUT2D eigenvalue weighted by Crippen LogP contribution is -2.50. The van der Waals surface area contributed by atoms with Crippen LogP contribution in [0.1, 0.15) is 38.5 Å². The Morgan fingerprint density at radius 2 is 2.00 bits per heavy atom. The Kier molecular flexibility index (Phi) is 6.11. The van der Waals surface area contributed by atoms with Gasteiger partial charge in [0.05, 0.1) is 0 Å². The molecule has 2 fully saturated rings. The van der Waals surface area contributed by atoms with Gasteiger partial charge >= 0.3 is 6.18 Å². The van der Waals surface area contributed by atoms with Crippen LogP contribution < -0.4 is 5.32 Å². The zero-order valence-electron chi connectivity index (χ0n) is 11.9. The minimum atomic E-state index is -4.21. The second-order valence-electron chi connectivity index (χ2n) is 5.82. The lowest BCUT2D eigenvalue weighted by molar-refractivity contribution is -0.174. The van der Waals surface area contributed by atoms with E-state index in [-0.39, 0.29) is 6.61 Å². The molecule has 0 amide bonds. The predicted molar refractivity (Wildman–Crippen MR) is 71.7 cm³/mol. The molecule has 0 saturated carbocycles. The summed E-state index contributed by atoms with van der Waals surface area (Å²) in [5.74, 6) is 0. The van der Waals surface area contributed by atoms with Crippen molar-refractivity contribution in [3.8, 4) is 0 Å². The SMILES string of the molecule is FC(F)(F)COCCCN1CCCCC1C1CCCN1. The van der Waals surface area contributed by atoms with Gasteiger partial charge in [-0.2, -0.15) is 13.2 Å². The Labute approximate surface area is 118 Å². The summed E-state index contributed by atoms with van der Waals surface area (Å²) >= 11 is 0. The Balaban J connectivity index is 1.67. The summed E-state index contributed by atoms with van der Waals surface area (Å²) in [5.41, 5.74) is 0. The molecule has 0 radical (unpaired) electrons. The number of ether oxygens (including phenoxy) is 1. The third-order valence-corrected chi connectivity index (χ3v) is 4.23. The lowest BCUT2D eigenvalue weighted by Gasteiger charge is -2.39. The zero-order valence-corrected chi connectivity index (χ0v) is 11.9. The van der Waals surface area contributed by atoms with Crippen molar-refractivity contribution >= 4 is 0 Å². The van der Waals surface area contributed by atoms with Gasteiger partial charge in [0, 0.05) is 25.2 Å². The van der Waals surface area contributed by atoms with Gasteiger partial charge in [-0.05, 0) is 45.2 Å². The molecule has 0 aromatic heterocycles. The summed E-state index contributed by atoms with van der Waals surface area (Å²) in [7, 11) is 0. The number of halogens is 3. The van der Waals surface area contributed by atoms with Crippen molar-refractivity contribution in [1.29, 1.82) is 0 Å². The highest BCUT2D eigenvalue weighted by molar-refractivity contribution is 4.90. The van der Waals surface area contributed by atoms with Crippen LogP contribution in [0.2, 0.25) is 0 Å². The van der Waals surface area contributed by atoms with Gasteiger partial charge in [0.1, 0.15) is 6.61 Å². The zero-order chi connectivity index (χ0) is 14.4. The normalized spacial score (nSPS) is 28.9. The van der Waals surface area contributed by atoms with Crippen LogP contribution in [0.15, 0.2) is 0 Å². The average molecular weight is 294 g/mol. The largest absolute Gasteiger partial charge is 0.411 e. The first kappa shape index (κ1) is 16.0. The van der Waals surface area contributed by atoms with Gasteiger partial charge in [-0.1, -0.05) is 6.42 Å². The van der Waals surface area contributed by atoms with Crippen molar-refractivity contribution < 1.29 is 17.9 Å². The number of likely N-dealkylation sites (tertiary alicyclic amines) is 1. The maximum absolute atomic E-state index is 12.0. The van der Waals surface area contributed by atoms with Gasteiger partial charge in [0.25, 0.3) is 0 Å². The van der Waals surface area contributed by atoms with Crippen LogP contribution in [0.25, 0.3) is 0 Å². The van der Waals surface area contributed by atoms with Crippen molar-refractivity contribution in [2.45, 2.75) is 56.8 Å². The molecule has 2 atom stereocenters. The smallest absolute Gasteiger partial charge is 0.372 e. The Morgan fingerprint density at radius 3 is 2.70 bits per heavy atom. The summed E-state index contributed by atoms with van der Waals surface area (Å²) in [6.45, 7) is 2.09. The molecule has 0 aromatic rings. The molecule has 0 spiro atoms. The van der Waals surface area contributed by atoms with E-state index in [9.17, 15) is 13.2 Å². The molecular weight excluding hydrogens is 269 g/mol. The van der Waals surface area contributed by atoms with Gasteiger partial charge in [-0.25, -0.2) is 0 Å². The van der Waals surface area contributed by atoms with Gasteiger partial charge < -0.3 is 10.1 Å². The van der Waals surface area contributed by atoms with Gasteiger partial charge in [-0.15, -0.1) is 0 Å². The van der Waals surface area contributed by atoms with Crippen LogP contribution in [-0.2, 0) is 4.74 Å². The minimum absolute atomic E-state index is 0.195. The van der Waals surface area contributed by atoms with Crippen molar-refractivity contribution in [3.05, 3.63) is 0 Å². The number of piperidine rings is 1. The fraction of sp³-hybridized carbons (Fsp3) is 1.00. The molecule has 118 valence electrons. The fourth-order valence-electron chi connectivity index (χ4n) is 3.35.